The molecule has 0 bridgehead atoms. The second-order valence-corrected chi connectivity index (χ2v) is 22.9. The molecule has 0 saturated heterocycles. The maximum absolute atomic E-state index is 14.7. The minimum Gasteiger partial charge on any atom is -0.508 e. The molecule has 440 valence electrons. The molecule has 7 aromatic rings. The van der Waals surface area contributed by atoms with Gasteiger partial charge in [0.1, 0.15) is 5.75 Å². The van der Waals surface area contributed by atoms with Gasteiger partial charge in [-0.3, -0.25) is 48.4 Å². The molecule has 5 aromatic carbocycles. The molecule has 0 radical (unpaired) electrons. The molecule has 0 spiro atoms. The number of carboxylic acid groups (broad SMARTS) is 1. The van der Waals surface area contributed by atoms with Crippen molar-refractivity contribution in [2.75, 3.05) is 18.6 Å². The van der Waals surface area contributed by atoms with Gasteiger partial charge in [0.25, 0.3) is 0 Å². The van der Waals surface area contributed by atoms with Crippen molar-refractivity contribution in [1.29, 1.82) is 0 Å². The lowest BCUT2D eigenvalue weighted by Crippen LogP contribution is -2.49. The number of carbonyl (C=O) groups is 7. The van der Waals surface area contributed by atoms with E-state index in [0.717, 1.165) is 39.2 Å². The van der Waals surface area contributed by atoms with Crippen LogP contribution in [0, 0.1) is 23.7 Å². The van der Waals surface area contributed by atoms with E-state index in [1.807, 2.05) is 133 Å². The maximum atomic E-state index is 14.7. The number of benzene rings is 5. The van der Waals surface area contributed by atoms with Crippen LogP contribution in [0.3, 0.4) is 0 Å². The molecule has 0 aliphatic heterocycles. The summed E-state index contributed by atoms with van der Waals surface area (Å²) in [5, 5.41) is 26.1. The Balaban J connectivity index is 1.01. The molecule has 15 heteroatoms. The average molecular weight is 1160 g/mol. The Morgan fingerprint density at radius 1 is 0.553 bits per heavy atom. The van der Waals surface area contributed by atoms with Crippen LogP contribution in [-0.4, -0.2) is 96.6 Å². The SMILES string of the molecule is CSCC[C@H](CC(=O)[C@H](Cc1ccccc1)NC(=O)[C@@H](CC(=O)c1ccc(/C=C/c2ccc(CC(=O)CN(Cc3ccccn3)Cc3ccccn3)cc2)cc1)Cc1ccc(O)cc1)C(=O)N[C@H](C(=O)C[C@@H](Cc1ccccc1)C(=O)O)C(C)C. The number of rotatable bonds is 34. The van der Waals surface area contributed by atoms with E-state index in [1.165, 1.54) is 23.9 Å². The van der Waals surface area contributed by atoms with E-state index in [1.54, 1.807) is 74.8 Å². The quantitative estimate of drug-likeness (QED) is 0.0219. The van der Waals surface area contributed by atoms with Gasteiger partial charge in [0.2, 0.25) is 11.8 Å². The first-order chi connectivity index (χ1) is 41.1. The highest BCUT2D eigenvalue weighted by atomic mass is 32.2. The van der Waals surface area contributed by atoms with E-state index in [4.69, 9.17) is 0 Å². The number of phenols is 1. The molecule has 0 fully saturated rings. The van der Waals surface area contributed by atoms with Crippen molar-refractivity contribution in [3.63, 3.8) is 0 Å². The van der Waals surface area contributed by atoms with Gasteiger partial charge >= 0.3 is 5.97 Å². The number of phenolic OH excluding ortho intramolecular Hbond substituents is 1. The van der Waals surface area contributed by atoms with E-state index in [0.29, 0.717) is 36.4 Å². The smallest absolute Gasteiger partial charge is 0.307 e. The van der Waals surface area contributed by atoms with E-state index in [2.05, 4.69) is 20.6 Å². The fourth-order valence-electron chi connectivity index (χ4n) is 10.1. The van der Waals surface area contributed by atoms with Crippen LogP contribution < -0.4 is 10.6 Å². The zero-order chi connectivity index (χ0) is 60.5. The van der Waals surface area contributed by atoms with Gasteiger partial charge < -0.3 is 20.8 Å². The van der Waals surface area contributed by atoms with Gasteiger partial charge in [-0.25, -0.2) is 0 Å². The zero-order valence-electron chi connectivity index (χ0n) is 48.4. The molecule has 0 saturated carbocycles. The summed E-state index contributed by atoms with van der Waals surface area (Å²) in [7, 11) is 0. The summed E-state index contributed by atoms with van der Waals surface area (Å²) in [6.45, 7) is 4.81. The highest BCUT2D eigenvalue weighted by Crippen LogP contribution is 2.24. The van der Waals surface area contributed by atoms with Crippen LogP contribution in [0.5, 0.6) is 5.75 Å². The summed E-state index contributed by atoms with van der Waals surface area (Å²) >= 11 is 1.50. The number of carbonyl (C=O) groups excluding carboxylic acids is 6. The third-order valence-corrected chi connectivity index (χ3v) is 15.5. The minimum absolute atomic E-state index is 0.0393. The number of pyridine rings is 2. The van der Waals surface area contributed by atoms with Crippen LogP contribution in [0.15, 0.2) is 182 Å². The summed E-state index contributed by atoms with van der Waals surface area (Å²) in [6.07, 6.45) is 9.42. The van der Waals surface area contributed by atoms with Gasteiger partial charge in [-0.2, -0.15) is 11.8 Å². The lowest BCUT2D eigenvalue weighted by molar-refractivity contribution is -0.144. The first kappa shape index (κ1) is 63.9. The Morgan fingerprint density at radius 3 is 1.60 bits per heavy atom. The zero-order valence-corrected chi connectivity index (χ0v) is 49.2. The Morgan fingerprint density at radius 2 is 1.06 bits per heavy atom. The highest BCUT2D eigenvalue weighted by Gasteiger charge is 2.34. The molecular weight excluding hydrogens is 1090 g/mol. The van der Waals surface area contributed by atoms with Gasteiger partial charge in [0, 0.05) is 68.6 Å². The number of nitrogens with one attached hydrogen (secondary N) is 2. The Labute approximate surface area is 502 Å². The van der Waals surface area contributed by atoms with Crippen molar-refractivity contribution >= 4 is 64.8 Å². The van der Waals surface area contributed by atoms with Crippen molar-refractivity contribution in [3.05, 3.63) is 233 Å². The summed E-state index contributed by atoms with van der Waals surface area (Å²) in [5.74, 6) is -5.86. The van der Waals surface area contributed by atoms with Gasteiger partial charge in [-0.1, -0.05) is 159 Å². The van der Waals surface area contributed by atoms with Crippen LogP contribution in [0.1, 0.15) is 94.7 Å². The molecular formula is C70H75N5O9S. The number of thioether (sulfide) groups is 1. The van der Waals surface area contributed by atoms with Gasteiger partial charge in [0.15, 0.2) is 23.1 Å². The number of amides is 2. The molecule has 7 rings (SSSR count). The predicted octanol–water partition coefficient (Wildman–Crippen LogP) is 10.7. The Kier molecular flexibility index (Phi) is 24.8. The molecule has 2 heterocycles. The van der Waals surface area contributed by atoms with E-state index >= 15 is 0 Å². The molecule has 2 amide bonds. The number of aromatic hydroxyl groups is 1. The number of aliphatic carboxylic acids is 1. The van der Waals surface area contributed by atoms with Crippen LogP contribution in [0.25, 0.3) is 12.2 Å². The molecule has 0 aliphatic rings. The number of Topliss-reactive ketones (excluding diaryl/α,β-unsaturated/α-hetero) is 4. The van der Waals surface area contributed by atoms with Crippen LogP contribution >= 0.6 is 11.8 Å². The maximum Gasteiger partial charge on any atom is 0.307 e. The van der Waals surface area contributed by atoms with Gasteiger partial charge in [-0.15, -0.1) is 0 Å². The lowest BCUT2D eigenvalue weighted by atomic mass is 9.87. The molecule has 2 aromatic heterocycles. The molecule has 14 nitrogen and oxygen atoms in total. The third-order valence-electron chi connectivity index (χ3n) is 14.8. The normalized spacial score (nSPS) is 13.1. The monoisotopic (exact) mass is 1160 g/mol. The van der Waals surface area contributed by atoms with E-state index in [-0.39, 0.29) is 74.7 Å². The highest BCUT2D eigenvalue weighted by molar-refractivity contribution is 7.98. The number of hydrogen-bond donors (Lipinski definition) is 4. The van der Waals surface area contributed by atoms with Gasteiger partial charge in [-0.05, 0) is 113 Å². The Hall–Kier alpha value is -8.66. The molecule has 4 N–H and O–H groups in total. The number of aromatic nitrogens is 2. The molecule has 85 heavy (non-hydrogen) atoms. The van der Waals surface area contributed by atoms with Crippen molar-refractivity contribution in [2.24, 2.45) is 23.7 Å². The summed E-state index contributed by atoms with van der Waals surface area (Å²) < 4.78 is 0. The number of nitrogens with zero attached hydrogens (tertiary/aromatic N) is 3. The first-order valence-corrected chi connectivity index (χ1v) is 30.2. The van der Waals surface area contributed by atoms with E-state index < -0.39 is 59.2 Å². The van der Waals surface area contributed by atoms with E-state index in [9.17, 15) is 43.8 Å². The lowest BCUT2D eigenvalue weighted by Gasteiger charge is -2.27. The van der Waals surface area contributed by atoms with Crippen LogP contribution in [-0.2, 0) is 67.5 Å². The second-order valence-electron chi connectivity index (χ2n) is 21.9. The summed E-state index contributed by atoms with van der Waals surface area (Å²) in [4.78, 5) is 108. The fourth-order valence-corrected chi connectivity index (χ4v) is 10.7. The average Bonchev–Trinajstić information content (AvgIpc) is 3.65. The molecule has 0 aliphatic carbocycles. The summed E-state index contributed by atoms with van der Waals surface area (Å²) in [5.41, 5.74) is 7.00. The Bertz CT molecular complexity index is 3270. The number of ketones is 4. The van der Waals surface area contributed by atoms with Crippen LogP contribution in [0.4, 0.5) is 0 Å². The minimum atomic E-state index is -1.11. The number of hydrogen-bond acceptors (Lipinski definition) is 12. The van der Waals surface area contributed by atoms with Crippen molar-refractivity contribution < 1.29 is 43.8 Å². The summed E-state index contributed by atoms with van der Waals surface area (Å²) in [6, 6.07) is 48.9. The standard InChI is InChI=1S/C70H75N5O9S/c1-48(2)67(66(80)44-58(70(83)84)39-51-14-6-4-7-15-51)74-68(81)56(34-37-85-3)42-65(79)63(41-52-16-8-5-9-17-52)73-69(82)57(38-53-28-32-61(76)33-29-53)43-64(78)55-30-26-50(27-31-55)21-20-49-22-24-54(25-23-49)40-62(77)47-75(45-59-18-10-12-35-71-59)46-60-19-11-13-36-72-60/h4-33,35-36,48,56-58,63,67,76H,34,37-47H2,1-3H3,(H,73,82)(H,74,81)(H,83,84)/b21-20+/t56-,57-,58-,63+,67+/m1/s1. The molecule has 0 unspecified atom stereocenters. The largest absolute Gasteiger partial charge is 0.508 e. The van der Waals surface area contributed by atoms with Crippen molar-refractivity contribution in [1.82, 2.24) is 25.5 Å². The predicted molar refractivity (Wildman–Crippen MR) is 333 cm³/mol. The van der Waals surface area contributed by atoms with Gasteiger partial charge in [0.05, 0.1) is 35.9 Å². The number of carboxylic acids is 1. The topological polar surface area (TPSA) is 213 Å². The first-order valence-electron chi connectivity index (χ1n) is 28.8. The van der Waals surface area contributed by atoms with Crippen LogP contribution in [0.2, 0.25) is 0 Å². The fraction of sp³-hybridized carbons (Fsp3) is 0.300. The van der Waals surface area contributed by atoms with Crippen molar-refractivity contribution in [2.45, 2.75) is 90.4 Å². The van der Waals surface area contributed by atoms with Crippen molar-refractivity contribution in [3.8, 4) is 5.75 Å². The third kappa shape index (κ3) is 21.2. The second kappa shape index (κ2) is 33.0. The molecule has 5 atom stereocenters.